The van der Waals surface area contributed by atoms with E-state index in [1.807, 2.05) is 0 Å². The average molecular weight is 502 g/mol. The molecule has 1 atom stereocenters. The van der Waals surface area contributed by atoms with Crippen LogP contribution in [-0.2, 0) is 10.0 Å². The molecule has 3 aromatic carbocycles. The molecule has 6 nitrogen and oxygen atoms in total. The number of hydrogen-bond acceptors (Lipinski definition) is 5. The molecule has 0 bridgehead atoms. The minimum atomic E-state index is -4.89. The van der Waals surface area contributed by atoms with E-state index in [-0.39, 0.29) is 33.8 Å². The molecular weight excluding hydrogens is 484 g/mol. The number of sulfonamides is 1. The number of benzene rings is 3. The number of anilines is 1. The number of rotatable bonds is 6. The van der Waals surface area contributed by atoms with Gasteiger partial charge in [0.25, 0.3) is 0 Å². The third kappa shape index (κ3) is 5.31. The molecule has 1 unspecified atom stereocenters. The molecular formula is C24H18F4N4O2S. The molecule has 0 aliphatic heterocycles. The Morgan fingerprint density at radius 1 is 0.857 bits per heavy atom. The van der Waals surface area contributed by atoms with Crippen LogP contribution in [0.3, 0.4) is 0 Å². The number of nitrogens with two attached hydrogens (primary N) is 1. The smallest absolute Gasteiger partial charge is 0.382 e. The maximum Gasteiger partial charge on any atom is 0.408 e. The Kier molecular flexibility index (Phi) is 6.55. The summed E-state index contributed by atoms with van der Waals surface area (Å²) in [5.41, 5.74) is 5.73. The number of nitrogen functional groups attached to an aromatic ring is 1. The highest BCUT2D eigenvalue weighted by Crippen LogP contribution is 2.36. The Balaban J connectivity index is 1.73. The molecule has 35 heavy (non-hydrogen) atoms. The first-order valence-corrected chi connectivity index (χ1v) is 11.7. The van der Waals surface area contributed by atoms with E-state index >= 15 is 0 Å². The monoisotopic (exact) mass is 502 g/mol. The summed E-state index contributed by atoms with van der Waals surface area (Å²) in [5, 5.41) is 0. The summed E-state index contributed by atoms with van der Waals surface area (Å²) >= 11 is 0. The van der Waals surface area contributed by atoms with Crippen LogP contribution >= 0.6 is 0 Å². The predicted octanol–water partition coefficient (Wildman–Crippen LogP) is 5.11. The zero-order valence-corrected chi connectivity index (χ0v) is 18.7. The first-order chi connectivity index (χ1) is 16.6. The van der Waals surface area contributed by atoms with Gasteiger partial charge in [-0.25, -0.2) is 17.8 Å². The van der Waals surface area contributed by atoms with Crippen LogP contribution < -0.4 is 10.5 Å². The number of halogens is 4. The van der Waals surface area contributed by atoms with E-state index in [4.69, 9.17) is 5.73 Å². The quantitative estimate of drug-likeness (QED) is 0.357. The van der Waals surface area contributed by atoms with Crippen LogP contribution in [0, 0.1) is 5.82 Å². The second-order valence-electron chi connectivity index (χ2n) is 7.52. The maximum atomic E-state index is 14.9. The number of nitrogens with one attached hydrogen (secondary N) is 1. The van der Waals surface area contributed by atoms with Gasteiger partial charge in [-0.1, -0.05) is 54.6 Å². The van der Waals surface area contributed by atoms with Crippen molar-refractivity contribution in [2.75, 3.05) is 5.73 Å². The molecule has 0 amide bonds. The predicted molar refractivity (Wildman–Crippen MR) is 123 cm³/mol. The van der Waals surface area contributed by atoms with Gasteiger partial charge in [-0.3, -0.25) is 4.98 Å². The number of hydrogen-bond donors (Lipinski definition) is 2. The molecule has 0 fully saturated rings. The van der Waals surface area contributed by atoms with E-state index in [2.05, 4.69) is 9.97 Å². The highest BCUT2D eigenvalue weighted by molar-refractivity contribution is 7.89. The highest BCUT2D eigenvalue weighted by Gasteiger charge is 2.43. The van der Waals surface area contributed by atoms with E-state index in [9.17, 15) is 26.0 Å². The van der Waals surface area contributed by atoms with Crippen molar-refractivity contribution in [3.63, 3.8) is 0 Å². The Labute approximate surface area is 198 Å². The first-order valence-electron chi connectivity index (χ1n) is 10.2. The Morgan fingerprint density at radius 3 is 2.17 bits per heavy atom. The maximum absolute atomic E-state index is 14.9. The SMILES string of the molecule is Nc1cnc(-c2ccc(-c3ccccc3S(=O)(=O)NC(c3ccccc3)C(F)(F)F)cc2F)cn1. The zero-order chi connectivity index (χ0) is 25.2. The van der Waals surface area contributed by atoms with Gasteiger partial charge in [0.15, 0.2) is 0 Å². The van der Waals surface area contributed by atoms with Crippen LogP contribution in [0.15, 0.2) is 90.1 Å². The molecule has 0 saturated heterocycles. The number of aromatic nitrogens is 2. The van der Waals surface area contributed by atoms with Crippen molar-refractivity contribution in [3.05, 3.63) is 96.6 Å². The van der Waals surface area contributed by atoms with Crippen LogP contribution in [0.1, 0.15) is 11.6 Å². The zero-order valence-electron chi connectivity index (χ0n) is 17.9. The third-order valence-corrected chi connectivity index (χ3v) is 6.62. The van der Waals surface area contributed by atoms with E-state index in [1.54, 1.807) is 4.72 Å². The van der Waals surface area contributed by atoms with Crippen molar-refractivity contribution in [3.8, 4) is 22.4 Å². The fourth-order valence-corrected chi connectivity index (χ4v) is 4.94. The molecule has 4 aromatic rings. The van der Waals surface area contributed by atoms with Gasteiger partial charge in [-0.2, -0.15) is 17.9 Å². The highest BCUT2D eigenvalue weighted by atomic mass is 32.2. The summed E-state index contributed by atoms with van der Waals surface area (Å²) in [6.07, 6.45) is -2.34. The second-order valence-corrected chi connectivity index (χ2v) is 9.21. The first kappa shape index (κ1) is 24.3. The molecule has 1 heterocycles. The van der Waals surface area contributed by atoms with Crippen LogP contribution in [0.4, 0.5) is 23.4 Å². The molecule has 1 aromatic heterocycles. The van der Waals surface area contributed by atoms with Crippen molar-refractivity contribution >= 4 is 15.8 Å². The van der Waals surface area contributed by atoms with Crippen molar-refractivity contribution in [2.45, 2.75) is 17.1 Å². The lowest BCUT2D eigenvalue weighted by atomic mass is 10.0. The lowest BCUT2D eigenvalue weighted by molar-refractivity contribution is -0.153. The summed E-state index contributed by atoms with van der Waals surface area (Å²) in [7, 11) is -4.68. The van der Waals surface area contributed by atoms with Crippen molar-refractivity contribution in [1.29, 1.82) is 0 Å². The summed E-state index contributed by atoms with van der Waals surface area (Å²) in [5.74, 6) is -0.565. The van der Waals surface area contributed by atoms with Crippen molar-refractivity contribution in [1.82, 2.24) is 14.7 Å². The van der Waals surface area contributed by atoms with E-state index in [0.29, 0.717) is 0 Å². The molecule has 0 radical (unpaired) electrons. The third-order valence-electron chi connectivity index (χ3n) is 5.14. The van der Waals surface area contributed by atoms with Gasteiger partial charge in [-0.05, 0) is 29.3 Å². The van der Waals surface area contributed by atoms with Gasteiger partial charge in [0.2, 0.25) is 10.0 Å². The fourth-order valence-electron chi connectivity index (χ4n) is 3.49. The van der Waals surface area contributed by atoms with Gasteiger partial charge in [0, 0.05) is 11.1 Å². The molecule has 11 heteroatoms. The average Bonchev–Trinajstić information content (AvgIpc) is 2.83. The van der Waals surface area contributed by atoms with Gasteiger partial charge >= 0.3 is 6.18 Å². The lowest BCUT2D eigenvalue weighted by Gasteiger charge is -2.23. The van der Waals surface area contributed by atoms with E-state index in [0.717, 1.165) is 12.1 Å². The lowest BCUT2D eigenvalue weighted by Crippen LogP contribution is -2.38. The fraction of sp³-hybridized carbons (Fsp3) is 0.0833. The van der Waals surface area contributed by atoms with Gasteiger partial charge in [0.1, 0.15) is 17.7 Å². The molecule has 0 aliphatic carbocycles. The second kappa shape index (κ2) is 9.43. The van der Waals surface area contributed by atoms with Crippen molar-refractivity contribution < 1.29 is 26.0 Å². The van der Waals surface area contributed by atoms with Gasteiger partial charge in [-0.15, -0.1) is 0 Å². The van der Waals surface area contributed by atoms with Crippen molar-refractivity contribution in [2.24, 2.45) is 0 Å². The molecule has 3 N–H and O–H groups in total. The molecule has 4 rings (SSSR count). The minimum absolute atomic E-state index is 0.0304. The summed E-state index contributed by atoms with van der Waals surface area (Å²) in [6, 6.07) is 13.5. The summed E-state index contributed by atoms with van der Waals surface area (Å²) < 4.78 is 84.2. The topological polar surface area (TPSA) is 98.0 Å². The Bertz CT molecular complexity index is 1440. The largest absolute Gasteiger partial charge is 0.408 e. The van der Waals surface area contributed by atoms with Gasteiger partial charge < -0.3 is 5.73 Å². The van der Waals surface area contributed by atoms with Crippen LogP contribution in [-0.4, -0.2) is 24.6 Å². The van der Waals surface area contributed by atoms with E-state index < -0.39 is 33.0 Å². The summed E-state index contributed by atoms with van der Waals surface area (Å²) in [6.45, 7) is 0. The van der Waals surface area contributed by atoms with E-state index in [1.165, 1.54) is 73.1 Å². The minimum Gasteiger partial charge on any atom is -0.382 e. The molecule has 0 aliphatic rings. The molecule has 0 saturated carbocycles. The summed E-state index contributed by atoms with van der Waals surface area (Å²) in [4.78, 5) is 7.45. The number of nitrogens with zero attached hydrogens (tertiary/aromatic N) is 2. The normalized spacial score (nSPS) is 12.9. The number of alkyl halides is 3. The standard InChI is InChI=1S/C24H18F4N4O2S/c25-19-12-16(10-11-18(19)20-13-31-22(29)14-30-20)17-8-4-5-9-21(17)35(33,34)32-23(24(26,27)28)15-6-2-1-3-7-15/h1-14,23,32H,(H2,29,31). The van der Waals surface area contributed by atoms with Crippen LogP contribution in [0.5, 0.6) is 0 Å². The molecule has 0 spiro atoms. The Morgan fingerprint density at radius 2 is 1.54 bits per heavy atom. The van der Waals surface area contributed by atoms with Crippen LogP contribution in [0.2, 0.25) is 0 Å². The Hall–Kier alpha value is -3.83. The van der Waals surface area contributed by atoms with Gasteiger partial charge in [0.05, 0.1) is 23.0 Å². The molecule has 180 valence electrons. The van der Waals surface area contributed by atoms with Crippen LogP contribution in [0.25, 0.3) is 22.4 Å².